The molecule has 0 atom stereocenters. The monoisotopic (exact) mass is 442 g/mol. The van der Waals surface area contributed by atoms with Crippen LogP contribution in [0.3, 0.4) is 0 Å². The summed E-state index contributed by atoms with van der Waals surface area (Å²) in [5, 5.41) is 0. The minimum atomic E-state index is -1.25. The summed E-state index contributed by atoms with van der Waals surface area (Å²) in [5.41, 5.74) is 0. The van der Waals surface area contributed by atoms with Crippen molar-refractivity contribution in [1.29, 1.82) is 0 Å². The first kappa shape index (κ1) is 24.8. The van der Waals surface area contributed by atoms with Crippen LogP contribution in [-0.4, -0.2) is 69.5 Å². The van der Waals surface area contributed by atoms with Crippen molar-refractivity contribution < 1.29 is 0 Å². The predicted molar refractivity (Wildman–Crippen MR) is 114 cm³/mol. The SMILES string of the molecule is CCCN(CC[CH2][In]([CH2]CC)[CH2]CCN(CCC)C(C)C)C(C)C. The Hall–Kier alpha value is 0.790. The summed E-state index contributed by atoms with van der Waals surface area (Å²) < 4.78 is 4.91. The summed E-state index contributed by atoms with van der Waals surface area (Å²) in [6.07, 6.45) is 6.97. The van der Waals surface area contributed by atoms with Crippen LogP contribution in [0.25, 0.3) is 0 Å². The van der Waals surface area contributed by atoms with E-state index < -0.39 is 21.4 Å². The van der Waals surface area contributed by atoms with E-state index in [4.69, 9.17) is 0 Å². The molecule has 0 saturated heterocycles. The second-order valence-corrected chi connectivity index (χ2v) is 18.1. The van der Waals surface area contributed by atoms with E-state index >= 15 is 0 Å². The van der Waals surface area contributed by atoms with Crippen LogP contribution in [0.4, 0.5) is 0 Å². The summed E-state index contributed by atoms with van der Waals surface area (Å²) in [6, 6.07) is 1.44. The molecule has 144 valence electrons. The molecular formula is C21H47InN2. The van der Waals surface area contributed by atoms with Crippen molar-refractivity contribution in [1.82, 2.24) is 9.80 Å². The van der Waals surface area contributed by atoms with E-state index in [0.717, 1.165) is 12.1 Å². The number of nitrogens with zero attached hydrogens (tertiary/aromatic N) is 2. The van der Waals surface area contributed by atoms with Gasteiger partial charge in [-0.2, -0.15) is 0 Å². The molecular weight excluding hydrogens is 395 g/mol. The molecule has 0 bridgehead atoms. The second kappa shape index (κ2) is 16.0. The van der Waals surface area contributed by atoms with Crippen LogP contribution in [-0.2, 0) is 0 Å². The molecule has 0 fully saturated rings. The van der Waals surface area contributed by atoms with Crippen molar-refractivity contribution in [3.63, 3.8) is 0 Å². The van der Waals surface area contributed by atoms with Crippen molar-refractivity contribution in [2.24, 2.45) is 0 Å². The molecule has 0 aromatic carbocycles. The maximum atomic E-state index is 2.69. The molecule has 0 rings (SSSR count). The third-order valence-corrected chi connectivity index (χ3v) is 16.3. The second-order valence-electron chi connectivity index (χ2n) is 8.20. The summed E-state index contributed by atoms with van der Waals surface area (Å²) in [6.45, 7) is 21.7. The van der Waals surface area contributed by atoms with E-state index in [0.29, 0.717) is 0 Å². The van der Waals surface area contributed by atoms with E-state index in [2.05, 4.69) is 58.3 Å². The fourth-order valence-corrected chi connectivity index (χ4v) is 13.0. The molecule has 0 saturated carbocycles. The van der Waals surface area contributed by atoms with Crippen molar-refractivity contribution in [3.05, 3.63) is 0 Å². The third kappa shape index (κ3) is 12.2. The topological polar surface area (TPSA) is 6.48 Å². The molecule has 0 aliphatic carbocycles. The molecule has 0 amide bonds. The van der Waals surface area contributed by atoms with E-state index in [1.807, 2.05) is 0 Å². The summed E-state index contributed by atoms with van der Waals surface area (Å²) in [5.74, 6) is 0. The van der Waals surface area contributed by atoms with Gasteiger partial charge < -0.3 is 0 Å². The van der Waals surface area contributed by atoms with Crippen LogP contribution in [0.15, 0.2) is 0 Å². The number of rotatable bonds is 16. The molecule has 0 radical (unpaired) electrons. The summed E-state index contributed by atoms with van der Waals surface area (Å²) in [7, 11) is 0. The van der Waals surface area contributed by atoms with Gasteiger partial charge in [-0.25, -0.2) is 0 Å². The van der Waals surface area contributed by atoms with E-state index in [1.54, 1.807) is 12.5 Å². The van der Waals surface area contributed by atoms with Gasteiger partial charge in [0.2, 0.25) is 0 Å². The zero-order chi connectivity index (χ0) is 18.4. The molecule has 0 spiro atoms. The Morgan fingerprint density at radius 1 is 0.583 bits per heavy atom. The van der Waals surface area contributed by atoms with Crippen molar-refractivity contribution >= 4 is 21.4 Å². The zero-order valence-corrected chi connectivity index (χ0v) is 21.4. The van der Waals surface area contributed by atoms with Crippen molar-refractivity contribution in [3.8, 4) is 0 Å². The van der Waals surface area contributed by atoms with Gasteiger partial charge in [0.25, 0.3) is 0 Å². The molecule has 0 heterocycles. The molecule has 2 nitrogen and oxygen atoms in total. The van der Waals surface area contributed by atoms with Crippen molar-refractivity contribution in [2.45, 2.75) is 105 Å². The molecule has 0 aliphatic heterocycles. The van der Waals surface area contributed by atoms with E-state index in [1.165, 1.54) is 58.3 Å². The Labute approximate surface area is 162 Å². The Morgan fingerprint density at radius 3 is 1.29 bits per heavy atom. The van der Waals surface area contributed by atoms with Gasteiger partial charge in [0.1, 0.15) is 0 Å². The van der Waals surface area contributed by atoms with Gasteiger partial charge in [-0.1, -0.05) is 0 Å². The number of hydrogen-bond acceptors (Lipinski definition) is 2. The van der Waals surface area contributed by atoms with Gasteiger partial charge >= 0.3 is 163 Å². The predicted octanol–water partition coefficient (Wildman–Crippen LogP) is 5.91. The molecule has 0 unspecified atom stereocenters. The van der Waals surface area contributed by atoms with Crippen LogP contribution < -0.4 is 0 Å². The van der Waals surface area contributed by atoms with Gasteiger partial charge in [0, 0.05) is 0 Å². The van der Waals surface area contributed by atoms with Crippen LogP contribution >= 0.6 is 0 Å². The Balaban J connectivity index is 4.15. The Bertz CT molecular complexity index is 245. The van der Waals surface area contributed by atoms with Crippen LogP contribution in [0.5, 0.6) is 0 Å². The first-order chi connectivity index (χ1) is 11.5. The fourth-order valence-electron chi connectivity index (χ4n) is 3.84. The van der Waals surface area contributed by atoms with Crippen molar-refractivity contribution in [2.75, 3.05) is 26.2 Å². The van der Waals surface area contributed by atoms with Gasteiger partial charge in [-0.05, 0) is 0 Å². The first-order valence-corrected chi connectivity index (χ1v) is 17.9. The molecule has 24 heavy (non-hydrogen) atoms. The van der Waals surface area contributed by atoms with Gasteiger partial charge in [-0.15, -0.1) is 0 Å². The molecule has 0 aliphatic rings. The summed E-state index contributed by atoms with van der Waals surface area (Å²) in [4.78, 5) is 5.38. The molecule has 0 N–H and O–H groups in total. The van der Waals surface area contributed by atoms with Gasteiger partial charge in [0.05, 0.1) is 0 Å². The molecule has 3 heteroatoms. The maximum absolute atomic E-state index is 2.69. The van der Waals surface area contributed by atoms with Crippen LogP contribution in [0.2, 0.25) is 12.5 Å². The van der Waals surface area contributed by atoms with Gasteiger partial charge in [-0.3, -0.25) is 0 Å². The fraction of sp³-hybridized carbons (Fsp3) is 1.00. The summed E-state index contributed by atoms with van der Waals surface area (Å²) >= 11 is -1.25. The van der Waals surface area contributed by atoms with Gasteiger partial charge in [0.15, 0.2) is 0 Å². The zero-order valence-electron chi connectivity index (χ0n) is 18.1. The van der Waals surface area contributed by atoms with Crippen LogP contribution in [0.1, 0.15) is 80.6 Å². The minimum absolute atomic E-state index is 0.721. The molecule has 0 aromatic heterocycles. The first-order valence-electron chi connectivity index (χ1n) is 10.9. The van der Waals surface area contributed by atoms with E-state index in [-0.39, 0.29) is 0 Å². The Morgan fingerprint density at radius 2 is 1.00 bits per heavy atom. The third-order valence-electron chi connectivity index (χ3n) is 5.29. The average molecular weight is 442 g/mol. The standard InChI is InChI=1S/2C9H20N.C3H7.In/c2*1-5-7-10(8-6-2)9(3)4;1-3-2;/h2*9H,1,5-8H2,2-4H3;1,3H2,2H3;. The van der Waals surface area contributed by atoms with Crippen LogP contribution in [0, 0.1) is 0 Å². The number of hydrogen-bond donors (Lipinski definition) is 0. The van der Waals surface area contributed by atoms with E-state index in [9.17, 15) is 0 Å². The quantitative estimate of drug-likeness (QED) is 0.293. The Kier molecular flexibility index (Phi) is 16.5. The normalized spacial score (nSPS) is 12.1. The average Bonchev–Trinajstić information content (AvgIpc) is 2.52. The molecule has 0 aromatic rings.